The van der Waals surface area contributed by atoms with Gasteiger partial charge in [0.15, 0.2) is 23.3 Å². The minimum Gasteiger partial charge on any atom is -0.456 e. The molecule has 15 aromatic carbocycles. The van der Waals surface area contributed by atoms with E-state index in [0.29, 0.717) is 23.3 Å². The van der Waals surface area contributed by atoms with Crippen LogP contribution in [0.4, 0.5) is 0 Å². The molecule has 2 spiro atoms. The average Bonchev–Trinajstić information content (AvgIpc) is 1.50. The van der Waals surface area contributed by atoms with Gasteiger partial charge in [-0.1, -0.05) is 340 Å². The molecule has 0 saturated carbocycles. The van der Waals surface area contributed by atoms with Gasteiger partial charge < -0.3 is 4.42 Å². The molecular formula is C105H61N5OS2. The Hall–Kier alpha value is -14.2. The SMILES string of the molecule is c1ccc(-c2sc(-c3ccccc3)c3c2-c2ccccc2C32c3ccccc3-c3c(-c4nc(-c5cccc(-c6cccc(-c7sc(-c8ccccc8)c8c7-c7ccccc7C87c8ccccc8-c8c(-c9nc(-c%10ccccc%10)c%10ccccc%10n9)cccc87)c6)c5)nc(-c5cccc6oc7ccccc7c56)n4)cccc32)cc1. The van der Waals surface area contributed by atoms with E-state index in [4.69, 9.17) is 29.3 Å². The van der Waals surface area contributed by atoms with E-state index in [9.17, 15) is 0 Å². The quantitative estimate of drug-likeness (QED) is 0.136. The second-order valence-electron chi connectivity index (χ2n) is 29.8. The Kier molecular flexibility index (Phi) is 13.9. The Morgan fingerprint density at radius 1 is 0.221 bits per heavy atom. The number of furan rings is 1. The molecule has 20 aromatic rings. The fraction of sp³-hybridized carbons (Fsp3) is 0.0190. The van der Waals surface area contributed by atoms with Crippen molar-refractivity contribution >= 4 is 55.5 Å². The summed E-state index contributed by atoms with van der Waals surface area (Å²) < 4.78 is 6.62. The molecule has 8 heteroatoms. The first-order valence-corrected chi connectivity index (χ1v) is 40.1. The summed E-state index contributed by atoms with van der Waals surface area (Å²) >= 11 is 3.79. The monoisotopic (exact) mass is 1470 g/mol. The van der Waals surface area contributed by atoms with Crippen LogP contribution in [0.5, 0.6) is 0 Å². The van der Waals surface area contributed by atoms with Gasteiger partial charge in [0.25, 0.3) is 0 Å². The zero-order valence-electron chi connectivity index (χ0n) is 60.7. The molecule has 0 N–H and O–H groups in total. The molecule has 0 aliphatic heterocycles. The van der Waals surface area contributed by atoms with Crippen LogP contribution in [0.2, 0.25) is 0 Å². The summed E-state index contributed by atoms with van der Waals surface area (Å²) in [5.41, 5.74) is 33.2. The molecule has 113 heavy (non-hydrogen) atoms. The number of fused-ring (bicyclic) bond motifs is 24. The van der Waals surface area contributed by atoms with Gasteiger partial charge in [0.1, 0.15) is 11.2 Å². The molecule has 0 bridgehead atoms. The first kappa shape index (κ1) is 63.7. The fourth-order valence-electron chi connectivity index (χ4n) is 19.5. The van der Waals surface area contributed by atoms with E-state index in [1.165, 1.54) is 109 Å². The van der Waals surface area contributed by atoms with Gasteiger partial charge in [0.05, 0.1) is 22.0 Å². The molecule has 0 radical (unpaired) electrons. The lowest BCUT2D eigenvalue weighted by molar-refractivity contribution is 0.669. The second-order valence-corrected chi connectivity index (χ2v) is 31.8. The Bertz CT molecular complexity index is 7390. The second kappa shape index (κ2) is 24.7. The highest BCUT2D eigenvalue weighted by Gasteiger charge is 2.57. The molecule has 524 valence electrons. The van der Waals surface area contributed by atoms with Gasteiger partial charge >= 0.3 is 0 Å². The van der Waals surface area contributed by atoms with Crippen molar-refractivity contribution in [2.45, 2.75) is 10.8 Å². The third-order valence-electron chi connectivity index (χ3n) is 24.0. The van der Waals surface area contributed by atoms with E-state index >= 15 is 0 Å². The molecule has 0 fully saturated rings. The Morgan fingerprint density at radius 2 is 0.575 bits per heavy atom. The zero-order valence-corrected chi connectivity index (χ0v) is 62.3. The molecule has 2 atom stereocenters. The lowest BCUT2D eigenvalue weighted by atomic mass is 9.70. The minimum atomic E-state index is -0.698. The largest absolute Gasteiger partial charge is 0.456 e. The number of hydrogen-bond acceptors (Lipinski definition) is 8. The first-order valence-electron chi connectivity index (χ1n) is 38.4. The van der Waals surface area contributed by atoms with E-state index in [0.717, 1.165) is 99.7 Å². The third-order valence-corrected chi connectivity index (χ3v) is 26.6. The van der Waals surface area contributed by atoms with E-state index in [1.54, 1.807) is 0 Å². The van der Waals surface area contributed by atoms with Crippen LogP contribution >= 0.6 is 22.7 Å². The first-order chi connectivity index (χ1) is 56.1. The smallest absolute Gasteiger partial charge is 0.164 e. The molecule has 5 heterocycles. The van der Waals surface area contributed by atoms with Crippen molar-refractivity contribution < 1.29 is 4.42 Å². The number of aromatic nitrogens is 5. The van der Waals surface area contributed by atoms with Crippen molar-refractivity contribution in [3.8, 4) is 154 Å². The number of nitrogens with zero attached hydrogens (tertiary/aromatic N) is 5. The van der Waals surface area contributed by atoms with Gasteiger partial charge in [-0.15, -0.1) is 22.7 Å². The van der Waals surface area contributed by atoms with Crippen LogP contribution in [0.25, 0.3) is 187 Å². The summed E-state index contributed by atoms with van der Waals surface area (Å²) in [6.07, 6.45) is 0. The summed E-state index contributed by atoms with van der Waals surface area (Å²) in [6.45, 7) is 0. The molecule has 4 aliphatic rings. The summed E-state index contributed by atoms with van der Waals surface area (Å²) in [6, 6.07) is 135. The minimum absolute atomic E-state index is 0.556. The van der Waals surface area contributed by atoms with Crippen LogP contribution in [-0.2, 0) is 10.8 Å². The van der Waals surface area contributed by atoms with Crippen molar-refractivity contribution in [1.82, 2.24) is 24.9 Å². The predicted octanol–water partition coefficient (Wildman–Crippen LogP) is 27.2. The molecule has 0 saturated heterocycles. The van der Waals surface area contributed by atoms with E-state index < -0.39 is 10.8 Å². The maximum absolute atomic E-state index is 6.62. The van der Waals surface area contributed by atoms with Gasteiger partial charge in [-0.3, -0.25) is 0 Å². The summed E-state index contributed by atoms with van der Waals surface area (Å²) in [4.78, 5) is 33.1. The van der Waals surface area contributed by atoms with E-state index in [1.807, 2.05) is 40.9 Å². The molecule has 2 unspecified atom stereocenters. The zero-order chi connectivity index (χ0) is 74.0. The van der Waals surface area contributed by atoms with E-state index in [-0.39, 0.29) is 0 Å². The Balaban J connectivity index is 0.687. The molecule has 6 nitrogen and oxygen atoms in total. The van der Waals surface area contributed by atoms with Crippen LogP contribution in [-0.4, -0.2) is 24.9 Å². The summed E-state index contributed by atoms with van der Waals surface area (Å²) in [5, 5.41) is 2.98. The number of thiophene rings is 2. The topological polar surface area (TPSA) is 77.6 Å². The van der Waals surface area contributed by atoms with Crippen molar-refractivity contribution in [1.29, 1.82) is 0 Å². The molecule has 24 rings (SSSR count). The van der Waals surface area contributed by atoms with Gasteiger partial charge in [0.2, 0.25) is 0 Å². The van der Waals surface area contributed by atoms with Gasteiger partial charge in [-0.25, -0.2) is 24.9 Å². The number of rotatable bonds is 10. The van der Waals surface area contributed by atoms with Crippen molar-refractivity contribution in [3.63, 3.8) is 0 Å². The van der Waals surface area contributed by atoms with Gasteiger partial charge in [0, 0.05) is 74.6 Å². The maximum Gasteiger partial charge on any atom is 0.164 e. The van der Waals surface area contributed by atoms with Crippen molar-refractivity contribution in [3.05, 3.63) is 415 Å². The summed E-state index contributed by atoms with van der Waals surface area (Å²) in [5.74, 6) is 2.40. The van der Waals surface area contributed by atoms with Crippen LogP contribution in [0, 0.1) is 0 Å². The van der Waals surface area contributed by atoms with Crippen LogP contribution in [0.15, 0.2) is 374 Å². The molecular weight excluding hydrogens is 1410 g/mol. The third kappa shape index (κ3) is 9.13. The van der Waals surface area contributed by atoms with Crippen molar-refractivity contribution in [2.75, 3.05) is 0 Å². The normalized spacial score (nSPS) is 15.0. The standard InChI is InChI=1S/C105H61N5OS2/c1-5-30-62(31-6-1)95-74-46-17-23-57-85(74)106-101(107-95)76-48-27-55-83-88(76)70-42-13-19-51-79(70)105(83)82-54-22-16-45-73(82)92-94(105)99(65-36-11-4-12-37-65)113-97(92)68-40-25-38-66(60-68)67-39-26-41-69(61-67)100-108-102(110-103(109-100)78-50-29-59-87-90(78)75-47-18-24-58-86(75)111-87)77-49-28-56-84-89(77)71-43-14-20-52-80(71)104(84)81-53-21-15-44-72(81)91-93(104)98(64-34-9-3-10-35-64)112-96(91)63-32-7-2-8-33-63/h1-61H. The molecule has 0 amide bonds. The Labute approximate surface area is 659 Å². The van der Waals surface area contributed by atoms with Crippen LogP contribution in [0.1, 0.15) is 44.5 Å². The highest BCUT2D eigenvalue weighted by Crippen LogP contribution is 2.71. The lowest BCUT2D eigenvalue weighted by Gasteiger charge is -2.31. The number of hydrogen-bond donors (Lipinski definition) is 0. The highest BCUT2D eigenvalue weighted by molar-refractivity contribution is 7.20. The predicted molar refractivity (Wildman–Crippen MR) is 463 cm³/mol. The molecule has 5 aromatic heterocycles. The maximum atomic E-state index is 6.62. The highest BCUT2D eigenvalue weighted by atomic mass is 32.1. The van der Waals surface area contributed by atoms with Gasteiger partial charge in [-0.05, 0) is 142 Å². The fourth-order valence-corrected chi connectivity index (χ4v) is 22.3. The molecule has 4 aliphatic carbocycles. The lowest BCUT2D eigenvalue weighted by Crippen LogP contribution is -2.26. The number of para-hydroxylation sites is 2. The summed E-state index contributed by atoms with van der Waals surface area (Å²) in [7, 11) is 0. The van der Waals surface area contributed by atoms with Crippen LogP contribution in [0.3, 0.4) is 0 Å². The van der Waals surface area contributed by atoms with Crippen molar-refractivity contribution in [2.24, 2.45) is 0 Å². The Morgan fingerprint density at radius 3 is 1.13 bits per heavy atom. The van der Waals surface area contributed by atoms with Gasteiger partial charge in [-0.2, -0.15) is 0 Å². The number of benzene rings is 15. The van der Waals surface area contributed by atoms with Crippen LogP contribution < -0.4 is 0 Å². The van der Waals surface area contributed by atoms with E-state index in [2.05, 4.69) is 352 Å². The average molecular weight is 1470 g/mol.